The lowest BCUT2D eigenvalue weighted by molar-refractivity contribution is 0.187. The number of nitrogens with one attached hydrogen (secondary N) is 1. The maximum atomic E-state index is 14.2. The van der Waals surface area contributed by atoms with Gasteiger partial charge in [-0.25, -0.2) is 23.6 Å². The summed E-state index contributed by atoms with van der Waals surface area (Å²) in [4.78, 5) is 17.5. The number of hydrogen-bond acceptors (Lipinski definition) is 5. The van der Waals surface area contributed by atoms with Crippen LogP contribution in [-0.4, -0.2) is 51.9 Å². The van der Waals surface area contributed by atoms with E-state index in [1.165, 1.54) is 12.3 Å². The van der Waals surface area contributed by atoms with Gasteiger partial charge in [0.25, 0.3) is 0 Å². The van der Waals surface area contributed by atoms with Crippen LogP contribution in [0, 0.1) is 11.6 Å². The van der Waals surface area contributed by atoms with Gasteiger partial charge in [-0.1, -0.05) is 0 Å². The molecular weight excluding hydrogens is 344 g/mol. The highest BCUT2D eigenvalue weighted by atomic mass is 19.1. The summed E-state index contributed by atoms with van der Waals surface area (Å²) >= 11 is 0. The molecule has 3 heterocycles. The van der Waals surface area contributed by atoms with Gasteiger partial charge >= 0.3 is 6.09 Å². The van der Waals surface area contributed by atoms with Gasteiger partial charge in [0.15, 0.2) is 6.17 Å². The topological polar surface area (TPSA) is 80.5 Å². The number of amides is 1. The molecule has 1 aromatic carbocycles. The van der Waals surface area contributed by atoms with Crippen molar-refractivity contribution in [2.45, 2.75) is 31.1 Å². The van der Waals surface area contributed by atoms with E-state index >= 15 is 0 Å². The van der Waals surface area contributed by atoms with Gasteiger partial charge in [0, 0.05) is 18.3 Å². The Balaban J connectivity index is 1.61. The molecule has 1 amide bonds. The molecule has 3 aliphatic rings. The van der Waals surface area contributed by atoms with Crippen LogP contribution in [0.4, 0.5) is 13.6 Å². The van der Waals surface area contributed by atoms with Gasteiger partial charge in [-0.3, -0.25) is 0 Å². The highest BCUT2D eigenvalue weighted by Gasteiger charge is 2.36. The number of carbonyl (C=O) groups is 1. The number of fused-ring (bicyclic) bond motifs is 1. The third-order valence-corrected chi connectivity index (χ3v) is 4.75. The number of amidine groups is 1. The Morgan fingerprint density at radius 2 is 2.19 bits per heavy atom. The molecule has 7 nitrogen and oxygen atoms in total. The van der Waals surface area contributed by atoms with Gasteiger partial charge in [-0.15, -0.1) is 0 Å². The van der Waals surface area contributed by atoms with Crippen LogP contribution in [0.3, 0.4) is 0 Å². The maximum absolute atomic E-state index is 14.2. The fourth-order valence-electron chi connectivity index (χ4n) is 3.60. The summed E-state index contributed by atoms with van der Waals surface area (Å²) in [5, 5.41) is 17.0. The number of carboxylic acid groups (broad SMARTS) is 1. The number of hydrazone groups is 1. The lowest BCUT2D eigenvalue weighted by atomic mass is 10.0. The van der Waals surface area contributed by atoms with Crippen LogP contribution in [0.1, 0.15) is 24.4 Å². The van der Waals surface area contributed by atoms with E-state index in [1.807, 2.05) is 4.90 Å². The van der Waals surface area contributed by atoms with Crippen LogP contribution in [0.15, 0.2) is 40.6 Å². The van der Waals surface area contributed by atoms with Crippen molar-refractivity contribution in [2.24, 2.45) is 10.1 Å². The summed E-state index contributed by atoms with van der Waals surface area (Å²) in [6, 6.07) is 2.59. The Morgan fingerprint density at radius 3 is 3.00 bits per heavy atom. The molecule has 1 aromatic rings. The van der Waals surface area contributed by atoms with Gasteiger partial charge in [0.1, 0.15) is 23.5 Å². The van der Waals surface area contributed by atoms with Crippen LogP contribution in [-0.2, 0) is 0 Å². The molecule has 4 rings (SSSR count). The number of rotatable bonds is 2. The molecule has 0 bridgehead atoms. The second-order valence-corrected chi connectivity index (χ2v) is 6.35. The number of hydrogen-bond donors (Lipinski definition) is 2. The van der Waals surface area contributed by atoms with Crippen molar-refractivity contribution in [1.82, 2.24) is 15.2 Å². The molecule has 2 N–H and O–H groups in total. The SMILES string of the molecule is O=C(O)NC1C=NN2C=CC(N3CCCC3c3cc(F)ccc3F)=NC12. The van der Waals surface area contributed by atoms with Crippen LogP contribution in [0.2, 0.25) is 0 Å². The lowest BCUT2D eigenvalue weighted by Crippen LogP contribution is -2.46. The predicted octanol–water partition coefficient (Wildman–Crippen LogP) is 2.29. The maximum Gasteiger partial charge on any atom is 0.405 e. The van der Waals surface area contributed by atoms with E-state index in [0.29, 0.717) is 24.4 Å². The number of benzene rings is 1. The third-order valence-electron chi connectivity index (χ3n) is 4.75. The normalized spacial score (nSPS) is 26.8. The van der Waals surface area contributed by atoms with Gasteiger partial charge in [-0.05, 0) is 37.1 Å². The van der Waals surface area contributed by atoms with Crippen LogP contribution in [0.25, 0.3) is 0 Å². The van der Waals surface area contributed by atoms with E-state index < -0.39 is 29.9 Å². The van der Waals surface area contributed by atoms with E-state index in [-0.39, 0.29) is 6.04 Å². The van der Waals surface area contributed by atoms with Crippen molar-refractivity contribution in [3.8, 4) is 0 Å². The molecule has 0 saturated carbocycles. The Kier molecular flexibility index (Phi) is 4.06. The molecule has 0 radical (unpaired) electrons. The van der Waals surface area contributed by atoms with Crippen LogP contribution >= 0.6 is 0 Å². The molecule has 9 heteroatoms. The van der Waals surface area contributed by atoms with E-state index in [9.17, 15) is 13.6 Å². The summed E-state index contributed by atoms with van der Waals surface area (Å²) in [5.74, 6) is -0.310. The van der Waals surface area contributed by atoms with Gasteiger partial charge < -0.3 is 15.3 Å². The highest BCUT2D eigenvalue weighted by Crippen LogP contribution is 2.35. The Labute approximate surface area is 148 Å². The molecule has 136 valence electrons. The number of nitrogens with zero attached hydrogens (tertiary/aromatic N) is 4. The zero-order valence-electron chi connectivity index (χ0n) is 13.7. The molecule has 0 spiro atoms. The minimum Gasteiger partial charge on any atom is -0.465 e. The largest absolute Gasteiger partial charge is 0.465 e. The Morgan fingerprint density at radius 1 is 1.35 bits per heavy atom. The third kappa shape index (κ3) is 2.89. The van der Waals surface area contributed by atoms with Crippen molar-refractivity contribution in [3.05, 3.63) is 47.7 Å². The van der Waals surface area contributed by atoms with E-state index in [4.69, 9.17) is 5.11 Å². The first-order chi connectivity index (χ1) is 12.5. The van der Waals surface area contributed by atoms with Crippen LogP contribution in [0.5, 0.6) is 0 Å². The second-order valence-electron chi connectivity index (χ2n) is 6.35. The fraction of sp³-hybridized carbons (Fsp3) is 0.353. The van der Waals surface area contributed by atoms with Crippen LogP contribution < -0.4 is 5.32 Å². The van der Waals surface area contributed by atoms with Crippen molar-refractivity contribution in [2.75, 3.05) is 6.54 Å². The number of likely N-dealkylation sites (tertiary alicyclic amines) is 1. The zero-order valence-corrected chi connectivity index (χ0v) is 13.7. The minimum atomic E-state index is -1.16. The van der Waals surface area contributed by atoms with E-state index in [0.717, 1.165) is 18.6 Å². The minimum absolute atomic E-state index is 0.309. The molecule has 3 aliphatic heterocycles. The second kappa shape index (κ2) is 6.40. The smallest absolute Gasteiger partial charge is 0.405 e. The summed E-state index contributed by atoms with van der Waals surface area (Å²) in [6.45, 7) is 0.661. The summed E-state index contributed by atoms with van der Waals surface area (Å²) < 4.78 is 27.8. The van der Waals surface area contributed by atoms with Gasteiger partial charge in [0.05, 0.1) is 12.3 Å². The first-order valence-corrected chi connectivity index (χ1v) is 8.32. The molecule has 3 atom stereocenters. The lowest BCUT2D eigenvalue weighted by Gasteiger charge is -2.32. The Bertz CT molecular complexity index is 825. The predicted molar refractivity (Wildman–Crippen MR) is 90.7 cm³/mol. The fourth-order valence-corrected chi connectivity index (χ4v) is 3.60. The first-order valence-electron chi connectivity index (χ1n) is 8.32. The molecule has 1 fully saturated rings. The van der Waals surface area contributed by atoms with Crippen molar-refractivity contribution >= 4 is 18.1 Å². The summed E-state index contributed by atoms with van der Waals surface area (Å²) in [6.07, 6.45) is 4.80. The first kappa shape index (κ1) is 16.5. The van der Waals surface area contributed by atoms with E-state index in [2.05, 4.69) is 15.4 Å². The molecule has 1 saturated heterocycles. The quantitative estimate of drug-likeness (QED) is 0.847. The average molecular weight is 361 g/mol. The van der Waals surface area contributed by atoms with Gasteiger partial charge in [0.2, 0.25) is 0 Å². The standard InChI is InChI=1S/C17H17F2N5O2/c18-10-3-4-12(19)11(8-10)14-2-1-6-23(14)15-5-7-24-16(22-15)13(9-20-24)21-17(25)26/h3-5,7-9,13-14,16,21H,1-2,6H2,(H,25,26). The molecule has 0 aromatic heterocycles. The average Bonchev–Trinajstić information content (AvgIpc) is 3.23. The van der Waals surface area contributed by atoms with Crippen molar-refractivity contribution < 1.29 is 18.7 Å². The molecule has 3 unspecified atom stereocenters. The molecule has 0 aliphatic carbocycles. The van der Waals surface area contributed by atoms with Gasteiger partial charge in [-0.2, -0.15) is 5.10 Å². The van der Waals surface area contributed by atoms with Crippen molar-refractivity contribution in [1.29, 1.82) is 0 Å². The summed E-state index contributed by atoms with van der Waals surface area (Å²) in [7, 11) is 0. The molecule has 26 heavy (non-hydrogen) atoms. The summed E-state index contributed by atoms with van der Waals surface area (Å²) in [5.41, 5.74) is 0.309. The van der Waals surface area contributed by atoms with E-state index in [1.54, 1.807) is 17.3 Å². The molecular formula is C17H17F2N5O2. The van der Waals surface area contributed by atoms with Crippen molar-refractivity contribution in [3.63, 3.8) is 0 Å². The number of halogens is 2. The number of aliphatic imine (C=N–C) groups is 1. The Hall–Kier alpha value is -2.97. The monoisotopic (exact) mass is 361 g/mol. The zero-order chi connectivity index (χ0) is 18.3. The highest BCUT2D eigenvalue weighted by molar-refractivity contribution is 5.94.